The van der Waals surface area contributed by atoms with Gasteiger partial charge < -0.3 is 14.2 Å². The Balaban J connectivity index is 2.16. The fourth-order valence-electron chi connectivity index (χ4n) is 2.26. The molecule has 0 heterocycles. The average molecular weight is 345 g/mol. The minimum atomic E-state index is -0.634. The largest absolute Gasteiger partial charge is 0.493 e. The van der Waals surface area contributed by atoms with Gasteiger partial charge in [-0.1, -0.05) is 12.1 Å². The lowest BCUT2D eigenvalue weighted by Crippen LogP contribution is -2.10. The second kappa shape index (κ2) is 8.14. The first-order valence-electron chi connectivity index (χ1n) is 7.72. The number of hydrogen-bond donors (Lipinski definition) is 0. The standard InChI is InChI=1S/C18H19NO6/c1-4-24-16-9-8-14(11-17(16)23-3)18(20)25-12(2)13-6-5-7-15(10-13)19(21)22/h5-12H,4H2,1-3H3. The summed E-state index contributed by atoms with van der Waals surface area (Å²) in [6.45, 7) is 3.98. The summed E-state index contributed by atoms with van der Waals surface area (Å²) in [6.07, 6.45) is -0.634. The second-order valence-electron chi connectivity index (χ2n) is 5.20. The molecule has 2 aromatic carbocycles. The maximum atomic E-state index is 12.3. The first-order valence-corrected chi connectivity index (χ1v) is 7.72. The van der Waals surface area contributed by atoms with Gasteiger partial charge in [-0.15, -0.1) is 0 Å². The number of carbonyl (C=O) groups excluding carboxylic acids is 1. The molecule has 2 aromatic rings. The van der Waals surface area contributed by atoms with E-state index < -0.39 is 17.0 Å². The molecule has 25 heavy (non-hydrogen) atoms. The number of non-ortho nitro benzene ring substituents is 1. The molecule has 7 nitrogen and oxygen atoms in total. The van der Waals surface area contributed by atoms with Crippen LogP contribution in [0.1, 0.15) is 35.9 Å². The third-order valence-corrected chi connectivity index (χ3v) is 3.53. The highest BCUT2D eigenvalue weighted by Crippen LogP contribution is 2.29. The lowest BCUT2D eigenvalue weighted by atomic mass is 10.1. The smallest absolute Gasteiger partial charge is 0.338 e. The van der Waals surface area contributed by atoms with Gasteiger partial charge in [0.2, 0.25) is 0 Å². The molecular formula is C18H19NO6. The lowest BCUT2D eigenvalue weighted by Gasteiger charge is -2.15. The van der Waals surface area contributed by atoms with E-state index in [1.807, 2.05) is 6.92 Å². The van der Waals surface area contributed by atoms with Crippen LogP contribution >= 0.6 is 0 Å². The third kappa shape index (κ3) is 4.47. The van der Waals surface area contributed by atoms with Crippen LogP contribution in [0.4, 0.5) is 5.69 Å². The Bertz CT molecular complexity index is 774. The van der Waals surface area contributed by atoms with Gasteiger partial charge in [-0.2, -0.15) is 0 Å². The van der Waals surface area contributed by atoms with Gasteiger partial charge in [0.1, 0.15) is 6.10 Å². The van der Waals surface area contributed by atoms with E-state index in [1.54, 1.807) is 31.2 Å². The van der Waals surface area contributed by atoms with Gasteiger partial charge >= 0.3 is 5.97 Å². The first kappa shape index (κ1) is 18.3. The summed E-state index contributed by atoms with van der Waals surface area (Å²) in [4.78, 5) is 22.7. The van der Waals surface area contributed by atoms with Crippen molar-refractivity contribution >= 4 is 11.7 Å². The highest BCUT2D eigenvalue weighted by Gasteiger charge is 2.18. The van der Waals surface area contributed by atoms with Crippen molar-refractivity contribution in [3.63, 3.8) is 0 Å². The number of methoxy groups -OCH3 is 1. The summed E-state index contributed by atoms with van der Waals surface area (Å²) < 4.78 is 16.0. The molecule has 0 N–H and O–H groups in total. The topological polar surface area (TPSA) is 87.9 Å². The van der Waals surface area contributed by atoms with Crippen molar-refractivity contribution in [3.05, 3.63) is 63.7 Å². The van der Waals surface area contributed by atoms with E-state index in [4.69, 9.17) is 14.2 Å². The number of esters is 1. The number of rotatable bonds is 7. The molecule has 0 aliphatic carbocycles. The summed E-state index contributed by atoms with van der Waals surface area (Å²) in [5.74, 6) is 0.410. The van der Waals surface area contributed by atoms with E-state index in [1.165, 1.54) is 25.3 Å². The van der Waals surface area contributed by atoms with Crippen LogP contribution in [-0.4, -0.2) is 24.6 Å². The molecular weight excluding hydrogens is 326 g/mol. The summed E-state index contributed by atoms with van der Waals surface area (Å²) in [5.41, 5.74) is 0.793. The van der Waals surface area contributed by atoms with Gasteiger partial charge in [0.15, 0.2) is 11.5 Å². The van der Waals surface area contributed by atoms with Crippen LogP contribution in [0.15, 0.2) is 42.5 Å². The van der Waals surface area contributed by atoms with Crippen molar-refractivity contribution in [3.8, 4) is 11.5 Å². The number of nitro groups is 1. The maximum absolute atomic E-state index is 12.3. The van der Waals surface area contributed by atoms with Gasteiger partial charge in [0.05, 0.1) is 24.2 Å². The van der Waals surface area contributed by atoms with E-state index in [0.717, 1.165) is 0 Å². The number of nitro benzene ring substituents is 1. The molecule has 0 amide bonds. The van der Waals surface area contributed by atoms with E-state index in [-0.39, 0.29) is 5.69 Å². The van der Waals surface area contributed by atoms with Gasteiger partial charge in [-0.05, 0) is 37.6 Å². The zero-order valence-electron chi connectivity index (χ0n) is 14.2. The van der Waals surface area contributed by atoms with Gasteiger partial charge in [0, 0.05) is 12.1 Å². The summed E-state index contributed by atoms with van der Waals surface area (Å²) in [5, 5.41) is 10.8. The van der Waals surface area contributed by atoms with Crippen LogP contribution in [0.3, 0.4) is 0 Å². The van der Waals surface area contributed by atoms with Crippen LogP contribution in [0.5, 0.6) is 11.5 Å². The monoisotopic (exact) mass is 345 g/mol. The Morgan fingerprint density at radius 1 is 1.20 bits per heavy atom. The minimum Gasteiger partial charge on any atom is -0.493 e. The molecule has 2 rings (SSSR count). The summed E-state index contributed by atoms with van der Waals surface area (Å²) in [6, 6.07) is 10.7. The molecule has 0 aromatic heterocycles. The average Bonchev–Trinajstić information content (AvgIpc) is 2.62. The Kier molecular flexibility index (Phi) is 5.94. The fourth-order valence-corrected chi connectivity index (χ4v) is 2.26. The summed E-state index contributed by atoms with van der Waals surface area (Å²) in [7, 11) is 1.48. The van der Waals surface area contributed by atoms with Gasteiger partial charge in [-0.3, -0.25) is 10.1 Å². The van der Waals surface area contributed by atoms with Crippen LogP contribution in [0, 0.1) is 10.1 Å². The Labute approximate surface area is 145 Å². The zero-order chi connectivity index (χ0) is 18.4. The van der Waals surface area contributed by atoms with Crippen molar-refractivity contribution in [2.45, 2.75) is 20.0 Å². The van der Waals surface area contributed by atoms with Crippen molar-refractivity contribution in [1.82, 2.24) is 0 Å². The number of carbonyl (C=O) groups is 1. The predicted octanol–water partition coefficient (Wildman–Crippen LogP) is 3.92. The van der Waals surface area contributed by atoms with Gasteiger partial charge in [-0.25, -0.2) is 4.79 Å². The molecule has 0 saturated carbocycles. The molecule has 0 aliphatic rings. The fraction of sp³-hybridized carbons (Fsp3) is 0.278. The third-order valence-electron chi connectivity index (χ3n) is 3.53. The molecule has 0 spiro atoms. The van der Waals surface area contributed by atoms with Gasteiger partial charge in [0.25, 0.3) is 5.69 Å². The molecule has 1 unspecified atom stereocenters. The second-order valence-corrected chi connectivity index (χ2v) is 5.20. The number of hydrogen-bond acceptors (Lipinski definition) is 6. The SMILES string of the molecule is CCOc1ccc(C(=O)OC(C)c2cccc([N+](=O)[O-])c2)cc1OC. The molecule has 0 radical (unpaired) electrons. The highest BCUT2D eigenvalue weighted by atomic mass is 16.6. The Hall–Kier alpha value is -3.09. The lowest BCUT2D eigenvalue weighted by molar-refractivity contribution is -0.385. The molecule has 1 atom stereocenters. The molecule has 7 heteroatoms. The van der Waals surface area contributed by atoms with Crippen LogP contribution < -0.4 is 9.47 Å². The maximum Gasteiger partial charge on any atom is 0.338 e. The van der Waals surface area contributed by atoms with Crippen molar-refractivity contribution in [2.75, 3.05) is 13.7 Å². The van der Waals surface area contributed by atoms with E-state index >= 15 is 0 Å². The zero-order valence-corrected chi connectivity index (χ0v) is 14.2. The first-order chi connectivity index (χ1) is 12.0. The number of nitrogens with zero attached hydrogens (tertiary/aromatic N) is 1. The van der Waals surface area contributed by atoms with E-state index in [9.17, 15) is 14.9 Å². The van der Waals surface area contributed by atoms with E-state index in [2.05, 4.69) is 0 Å². The predicted molar refractivity (Wildman–Crippen MR) is 91.1 cm³/mol. The molecule has 0 fully saturated rings. The van der Waals surface area contributed by atoms with E-state index in [0.29, 0.717) is 29.2 Å². The van der Waals surface area contributed by atoms with Crippen molar-refractivity contribution in [1.29, 1.82) is 0 Å². The quantitative estimate of drug-likeness (QED) is 0.429. The molecule has 0 saturated heterocycles. The molecule has 132 valence electrons. The highest BCUT2D eigenvalue weighted by molar-refractivity contribution is 5.90. The number of benzene rings is 2. The van der Waals surface area contributed by atoms with Crippen molar-refractivity contribution in [2.24, 2.45) is 0 Å². The summed E-state index contributed by atoms with van der Waals surface area (Å²) >= 11 is 0. The minimum absolute atomic E-state index is 0.0527. The molecule has 0 aliphatic heterocycles. The normalized spacial score (nSPS) is 11.5. The Morgan fingerprint density at radius 2 is 1.96 bits per heavy atom. The molecule has 0 bridgehead atoms. The van der Waals surface area contributed by atoms with Crippen LogP contribution in [-0.2, 0) is 4.74 Å². The van der Waals surface area contributed by atoms with Crippen LogP contribution in [0.2, 0.25) is 0 Å². The number of ether oxygens (including phenoxy) is 3. The van der Waals surface area contributed by atoms with Crippen LogP contribution in [0.25, 0.3) is 0 Å². The van der Waals surface area contributed by atoms with Crippen molar-refractivity contribution < 1.29 is 23.9 Å². The Morgan fingerprint density at radius 3 is 2.60 bits per heavy atom.